The van der Waals surface area contributed by atoms with E-state index in [1.165, 1.54) is 225 Å². The van der Waals surface area contributed by atoms with Crippen LogP contribution in [0, 0.1) is 0 Å². The minimum absolute atomic E-state index is 0.0390. The minimum atomic E-state index is -4.45. The first-order chi connectivity index (χ1) is 39.4. The van der Waals surface area contributed by atoms with Gasteiger partial charge in [0, 0.05) is 12.8 Å². The van der Waals surface area contributed by atoms with Gasteiger partial charge < -0.3 is 19.4 Å². The smallest absolute Gasteiger partial charge is 0.456 e. The van der Waals surface area contributed by atoms with Gasteiger partial charge in [-0.2, -0.15) is 0 Å². The fourth-order valence-corrected chi connectivity index (χ4v) is 10.8. The lowest BCUT2D eigenvalue weighted by molar-refractivity contribution is -0.870. The SMILES string of the molecule is CCCCC/C=C\C/C=C\C/C=C\CCCCCCCCCCCCC(=O)OC(/C=C/CCCCCCCCCCCCC)C(COP(=O)(O)OCC[N+](C)(C)C)NC(=O)CCCCCCCCCCC/C=C/CCCCCCCC. The number of nitrogens with one attached hydrogen (secondary N) is 1. The third kappa shape index (κ3) is 62.1. The number of quaternary nitrogens is 1. The van der Waals surface area contributed by atoms with Crippen molar-refractivity contribution in [2.24, 2.45) is 0 Å². The zero-order chi connectivity index (χ0) is 59.3. The van der Waals surface area contributed by atoms with Gasteiger partial charge in [0.15, 0.2) is 0 Å². The number of esters is 1. The molecule has 0 fully saturated rings. The van der Waals surface area contributed by atoms with E-state index in [1.54, 1.807) is 0 Å². The van der Waals surface area contributed by atoms with Gasteiger partial charge >= 0.3 is 13.8 Å². The third-order valence-electron chi connectivity index (χ3n) is 15.4. The van der Waals surface area contributed by atoms with Gasteiger partial charge in [-0.15, -0.1) is 0 Å². The summed E-state index contributed by atoms with van der Waals surface area (Å²) in [6.45, 7) is 7.02. The van der Waals surface area contributed by atoms with E-state index in [2.05, 4.69) is 74.7 Å². The molecule has 3 unspecified atom stereocenters. The average Bonchev–Trinajstić information content (AvgIpc) is 3.44. The summed E-state index contributed by atoms with van der Waals surface area (Å²) in [5.74, 6) is -0.501. The molecule has 0 spiro atoms. The highest BCUT2D eigenvalue weighted by molar-refractivity contribution is 7.47. The number of phosphoric acid groups is 1. The summed E-state index contributed by atoms with van der Waals surface area (Å²) in [6.07, 6.45) is 77.9. The number of hydrogen-bond acceptors (Lipinski definition) is 6. The predicted molar refractivity (Wildman–Crippen MR) is 351 cm³/mol. The summed E-state index contributed by atoms with van der Waals surface area (Å²) >= 11 is 0. The number of hydrogen-bond donors (Lipinski definition) is 2. The Morgan fingerprint density at radius 3 is 1.16 bits per heavy atom. The number of phosphoric ester groups is 1. The largest absolute Gasteiger partial charge is 0.472 e. The molecule has 0 aromatic carbocycles. The van der Waals surface area contributed by atoms with Crippen LogP contribution in [0.4, 0.5) is 0 Å². The first-order valence-corrected chi connectivity index (χ1v) is 36.1. The zero-order valence-electron chi connectivity index (χ0n) is 54.3. The van der Waals surface area contributed by atoms with Crippen LogP contribution in [0.2, 0.25) is 0 Å². The van der Waals surface area contributed by atoms with Crippen molar-refractivity contribution in [3.63, 3.8) is 0 Å². The highest BCUT2D eigenvalue weighted by Gasteiger charge is 2.30. The molecule has 0 rings (SSSR count). The molecule has 0 heterocycles. The second-order valence-electron chi connectivity index (χ2n) is 24.7. The van der Waals surface area contributed by atoms with Crippen molar-refractivity contribution < 1.29 is 37.3 Å². The van der Waals surface area contributed by atoms with Gasteiger partial charge in [0.05, 0.1) is 33.8 Å². The van der Waals surface area contributed by atoms with Crippen LogP contribution in [-0.4, -0.2) is 74.3 Å². The summed E-state index contributed by atoms with van der Waals surface area (Å²) in [4.78, 5) is 37.9. The van der Waals surface area contributed by atoms with E-state index >= 15 is 0 Å². The topological polar surface area (TPSA) is 111 Å². The third-order valence-corrected chi connectivity index (χ3v) is 16.4. The molecule has 3 atom stereocenters. The average molecular weight is 1160 g/mol. The predicted octanol–water partition coefficient (Wildman–Crippen LogP) is 21.8. The normalized spacial score (nSPS) is 13.9. The fraction of sp³-hybridized carbons (Fsp3) is 0.831. The molecule has 0 saturated heterocycles. The van der Waals surface area contributed by atoms with Crippen LogP contribution >= 0.6 is 7.82 Å². The van der Waals surface area contributed by atoms with E-state index in [0.29, 0.717) is 17.4 Å². The van der Waals surface area contributed by atoms with E-state index in [4.69, 9.17) is 13.8 Å². The summed E-state index contributed by atoms with van der Waals surface area (Å²) < 4.78 is 30.8. The number of likely N-dealkylation sites (N-methyl/N-ethyl adjacent to an activating group) is 1. The van der Waals surface area contributed by atoms with E-state index in [-0.39, 0.29) is 31.5 Å². The van der Waals surface area contributed by atoms with Gasteiger partial charge in [-0.3, -0.25) is 18.6 Å². The second-order valence-corrected chi connectivity index (χ2v) is 26.1. The Kier molecular flexibility index (Phi) is 59.1. The van der Waals surface area contributed by atoms with Crippen LogP contribution in [0.1, 0.15) is 329 Å². The number of carbonyl (C=O) groups excluding carboxylic acids is 2. The van der Waals surface area contributed by atoms with Gasteiger partial charge in [-0.25, -0.2) is 4.57 Å². The van der Waals surface area contributed by atoms with E-state index < -0.39 is 20.0 Å². The molecule has 1 amide bonds. The van der Waals surface area contributed by atoms with Crippen molar-refractivity contribution >= 4 is 19.7 Å². The molecule has 474 valence electrons. The maximum absolute atomic E-state index is 13.6. The first-order valence-electron chi connectivity index (χ1n) is 34.6. The lowest BCUT2D eigenvalue weighted by Gasteiger charge is -2.27. The molecule has 0 saturated carbocycles. The molecule has 0 radical (unpaired) electrons. The van der Waals surface area contributed by atoms with Crippen molar-refractivity contribution in [1.29, 1.82) is 0 Å². The van der Waals surface area contributed by atoms with Gasteiger partial charge in [0.2, 0.25) is 5.91 Å². The van der Waals surface area contributed by atoms with Crippen LogP contribution in [0.15, 0.2) is 60.8 Å². The molecule has 9 nitrogen and oxygen atoms in total. The molecule has 0 aliphatic rings. The Hall–Kier alpha value is -2.29. The number of allylic oxidation sites excluding steroid dienone is 9. The van der Waals surface area contributed by atoms with E-state index in [0.717, 1.165) is 70.6 Å². The minimum Gasteiger partial charge on any atom is -0.456 e. The Labute approximate surface area is 502 Å². The van der Waals surface area contributed by atoms with Crippen molar-refractivity contribution in [2.45, 2.75) is 341 Å². The van der Waals surface area contributed by atoms with Crippen molar-refractivity contribution in [2.75, 3.05) is 40.9 Å². The molecule has 10 heteroatoms. The summed E-state index contributed by atoms with van der Waals surface area (Å²) in [5.41, 5.74) is 0. The monoisotopic (exact) mass is 1160 g/mol. The molecule has 0 aromatic heterocycles. The van der Waals surface area contributed by atoms with Crippen LogP contribution < -0.4 is 5.32 Å². The zero-order valence-corrected chi connectivity index (χ0v) is 55.2. The lowest BCUT2D eigenvalue weighted by atomic mass is 10.0. The van der Waals surface area contributed by atoms with Crippen LogP contribution in [0.3, 0.4) is 0 Å². The number of amides is 1. The van der Waals surface area contributed by atoms with Gasteiger partial charge in [0.1, 0.15) is 19.3 Å². The summed E-state index contributed by atoms with van der Waals surface area (Å²) in [6, 6.07) is -0.852. The molecule has 81 heavy (non-hydrogen) atoms. The Morgan fingerprint density at radius 1 is 0.432 bits per heavy atom. The first kappa shape index (κ1) is 78.7. The second kappa shape index (κ2) is 60.8. The maximum atomic E-state index is 13.6. The van der Waals surface area contributed by atoms with Crippen LogP contribution in [0.25, 0.3) is 0 Å². The molecular formula is C71H134N2O7P+. The van der Waals surface area contributed by atoms with Crippen molar-refractivity contribution in [3.8, 4) is 0 Å². The molecule has 0 aliphatic carbocycles. The number of nitrogens with zero attached hydrogens (tertiary/aromatic N) is 1. The molecule has 2 N–H and O–H groups in total. The maximum Gasteiger partial charge on any atom is 0.472 e. The number of carbonyl (C=O) groups is 2. The fourth-order valence-electron chi connectivity index (χ4n) is 10.1. The quantitative estimate of drug-likeness (QED) is 0.0205. The van der Waals surface area contributed by atoms with Crippen molar-refractivity contribution in [1.82, 2.24) is 5.32 Å². The molecule has 0 aliphatic heterocycles. The molecule has 0 aromatic rings. The van der Waals surface area contributed by atoms with Crippen LogP contribution in [0.5, 0.6) is 0 Å². The number of ether oxygens (including phenoxy) is 1. The Bertz CT molecular complexity index is 1570. The summed E-state index contributed by atoms with van der Waals surface area (Å²) in [5, 5.41) is 3.07. The van der Waals surface area contributed by atoms with Crippen molar-refractivity contribution in [3.05, 3.63) is 60.8 Å². The number of rotatable bonds is 63. The van der Waals surface area contributed by atoms with Gasteiger partial charge in [0.25, 0.3) is 0 Å². The Balaban J connectivity index is 5.16. The summed E-state index contributed by atoms with van der Waals surface area (Å²) in [7, 11) is 1.50. The highest BCUT2D eigenvalue weighted by atomic mass is 31.2. The lowest BCUT2D eigenvalue weighted by Crippen LogP contribution is -2.47. The van der Waals surface area contributed by atoms with Gasteiger partial charge in [-0.05, 0) is 96.0 Å². The Morgan fingerprint density at radius 2 is 0.753 bits per heavy atom. The molecule has 0 bridgehead atoms. The molecular weight excluding hydrogens is 1020 g/mol. The van der Waals surface area contributed by atoms with E-state index in [9.17, 15) is 19.0 Å². The van der Waals surface area contributed by atoms with Crippen LogP contribution in [-0.2, 0) is 27.9 Å². The standard InChI is InChI=1S/C71H133N2O7P/c1-7-10-13-16-19-22-25-28-30-32-34-35-36-37-39-41-43-46-49-52-55-58-61-64-71(75)80-69(62-59-56-53-50-47-44-27-24-21-18-15-12-9-3)68(67-79-81(76,77)78-66-65-73(4,5)6)72-70(74)63-60-57-54-51-48-45-42-40-38-33-31-29-26-23-20-17-14-11-8-2/h19,22,28-31,34-35,59,62,68-69H,7-18,20-21,23-27,32-33,36-58,60-61,63-67H2,1-6H3,(H-,72,74,76,77)/p+1/b22-19-,30-28-,31-29+,35-34-,62-59+. The van der Waals surface area contributed by atoms with E-state index in [1.807, 2.05) is 33.3 Å². The highest BCUT2D eigenvalue weighted by Crippen LogP contribution is 2.43. The number of unbranched alkanes of at least 4 members (excludes halogenated alkanes) is 39. The van der Waals surface area contributed by atoms with Gasteiger partial charge in [-0.1, -0.05) is 281 Å².